The van der Waals surface area contributed by atoms with Gasteiger partial charge in [-0.3, -0.25) is 9.10 Å². The quantitative estimate of drug-likeness (QED) is 0.340. The van der Waals surface area contributed by atoms with Crippen molar-refractivity contribution >= 4 is 27.2 Å². The van der Waals surface area contributed by atoms with Crippen LogP contribution in [0.2, 0.25) is 0 Å². The maximum absolute atomic E-state index is 13.9. The van der Waals surface area contributed by atoms with Crippen LogP contribution in [0.1, 0.15) is 37.0 Å². The van der Waals surface area contributed by atoms with Gasteiger partial charge in [0.25, 0.3) is 15.9 Å². The zero-order chi connectivity index (χ0) is 28.0. The molecule has 0 atom stereocenters. The van der Waals surface area contributed by atoms with Crippen LogP contribution in [-0.4, -0.2) is 41.7 Å². The highest BCUT2D eigenvalue weighted by molar-refractivity contribution is 7.97. The number of anilines is 1. The van der Waals surface area contributed by atoms with Crippen LogP contribution in [0.5, 0.6) is 17.2 Å². The van der Waals surface area contributed by atoms with Crippen molar-refractivity contribution in [2.24, 2.45) is 0 Å². The lowest BCUT2D eigenvalue weighted by Gasteiger charge is -2.33. The van der Waals surface area contributed by atoms with Gasteiger partial charge in [0.1, 0.15) is 12.4 Å². The molecule has 0 radical (unpaired) electrons. The van der Waals surface area contributed by atoms with Gasteiger partial charge in [0.2, 0.25) is 0 Å². The van der Waals surface area contributed by atoms with E-state index in [1.54, 1.807) is 19.1 Å². The number of carbonyl (C=O) groups excluding carboxylic acids is 1. The second kappa shape index (κ2) is 12.3. The summed E-state index contributed by atoms with van der Waals surface area (Å²) in [5.41, 5.74) is 3.34. The number of ether oxygens (including phenoxy) is 3. The summed E-state index contributed by atoms with van der Waals surface area (Å²) >= 11 is 0. The molecule has 3 aromatic carbocycles. The Balaban J connectivity index is 1.60. The number of aryl methyl sites for hydroxylation is 1. The number of nitrogens with one attached hydrogen (secondary N) is 1. The molecule has 9 heteroatoms. The van der Waals surface area contributed by atoms with Crippen LogP contribution in [-0.2, 0) is 27.8 Å². The highest BCUT2D eigenvalue weighted by Gasteiger charge is 2.40. The first-order valence-corrected chi connectivity index (χ1v) is 14.3. The minimum atomic E-state index is -4.20. The molecular weight excluding hydrogens is 516 g/mol. The highest BCUT2D eigenvalue weighted by Crippen LogP contribution is 2.45. The predicted molar refractivity (Wildman–Crippen MR) is 153 cm³/mol. The van der Waals surface area contributed by atoms with Crippen molar-refractivity contribution in [1.82, 2.24) is 5.32 Å². The van der Waals surface area contributed by atoms with Crippen LogP contribution in [0.15, 0.2) is 71.6 Å². The predicted octanol–water partition coefficient (Wildman–Crippen LogP) is 4.93. The molecular formula is C30H34N2O6S. The Kier molecular flexibility index (Phi) is 8.81. The normalized spacial score (nSPS) is 14.0. The number of methoxy groups -OCH3 is 2. The largest absolute Gasteiger partial charge is 0.493 e. The van der Waals surface area contributed by atoms with Crippen LogP contribution in [0.25, 0.3) is 5.57 Å². The van der Waals surface area contributed by atoms with Crippen LogP contribution in [0.4, 0.5) is 5.69 Å². The third kappa shape index (κ3) is 6.04. The van der Waals surface area contributed by atoms with E-state index in [9.17, 15) is 13.2 Å². The molecule has 1 amide bonds. The van der Waals surface area contributed by atoms with Crippen LogP contribution >= 0.6 is 0 Å². The summed E-state index contributed by atoms with van der Waals surface area (Å²) in [6.45, 7) is 4.14. The monoisotopic (exact) mass is 550 g/mol. The number of amides is 1. The molecule has 0 saturated heterocycles. The number of allylic oxidation sites excluding steroid dienone is 1. The molecule has 0 aliphatic carbocycles. The maximum Gasteiger partial charge on any atom is 0.270 e. The van der Waals surface area contributed by atoms with E-state index >= 15 is 0 Å². The molecule has 0 unspecified atom stereocenters. The lowest BCUT2D eigenvalue weighted by molar-refractivity contribution is -0.116. The van der Waals surface area contributed by atoms with Gasteiger partial charge < -0.3 is 19.5 Å². The van der Waals surface area contributed by atoms with Gasteiger partial charge in [-0.25, -0.2) is 8.42 Å². The van der Waals surface area contributed by atoms with Crippen molar-refractivity contribution in [3.63, 3.8) is 0 Å². The molecule has 0 fully saturated rings. The molecule has 0 aromatic heterocycles. The molecule has 1 N–H and O–H groups in total. The van der Waals surface area contributed by atoms with Gasteiger partial charge >= 0.3 is 0 Å². The van der Waals surface area contributed by atoms with Crippen LogP contribution in [0, 0.1) is 0 Å². The average Bonchev–Trinajstić information content (AvgIpc) is 2.94. The van der Waals surface area contributed by atoms with Crippen molar-refractivity contribution in [1.29, 1.82) is 0 Å². The summed E-state index contributed by atoms with van der Waals surface area (Å²) in [5, 5.41) is 2.72. The summed E-state index contributed by atoms with van der Waals surface area (Å²) in [6.07, 6.45) is 2.07. The summed E-state index contributed by atoms with van der Waals surface area (Å²) in [4.78, 5) is 13.0. The van der Waals surface area contributed by atoms with Crippen molar-refractivity contribution in [3.8, 4) is 17.2 Å². The Morgan fingerprint density at radius 3 is 2.23 bits per heavy atom. The lowest BCUT2D eigenvalue weighted by atomic mass is 10.0. The van der Waals surface area contributed by atoms with Gasteiger partial charge in [0, 0.05) is 11.6 Å². The number of fused-ring (bicyclic) bond motifs is 1. The molecule has 1 aliphatic heterocycles. The molecule has 4 rings (SSSR count). The number of hydrogen-bond donors (Lipinski definition) is 1. The topological polar surface area (TPSA) is 94.2 Å². The minimum Gasteiger partial charge on any atom is -0.493 e. The van der Waals surface area contributed by atoms with E-state index in [0.29, 0.717) is 34.1 Å². The molecule has 39 heavy (non-hydrogen) atoms. The van der Waals surface area contributed by atoms with Crippen LogP contribution < -0.4 is 23.8 Å². The Morgan fingerprint density at radius 1 is 0.923 bits per heavy atom. The second-order valence-electron chi connectivity index (χ2n) is 9.17. The van der Waals surface area contributed by atoms with Gasteiger partial charge in [0.05, 0.1) is 33.0 Å². The fourth-order valence-electron chi connectivity index (χ4n) is 4.59. The first-order chi connectivity index (χ1) is 18.8. The van der Waals surface area contributed by atoms with Crippen molar-refractivity contribution in [3.05, 3.63) is 88.3 Å². The molecule has 8 nitrogen and oxygen atoms in total. The standard InChI is InChI=1S/C30H34N2O6S/c1-5-9-22-12-14-24(15-13-22)38-17-16-31-30(33)29-21(2)25-18-27(36-3)28(37-4)19-26(25)32(39(29,34)35)20-23-10-7-6-8-11-23/h6-8,10-15,18-19H,5,9,16-17,20H2,1-4H3,(H,31,33). The van der Waals surface area contributed by atoms with E-state index in [2.05, 4.69) is 12.2 Å². The third-order valence-corrected chi connectivity index (χ3v) is 8.47. The number of hydrogen-bond acceptors (Lipinski definition) is 6. The van der Waals surface area contributed by atoms with Crippen molar-refractivity contribution in [2.75, 3.05) is 31.7 Å². The van der Waals surface area contributed by atoms with E-state index in [4.69, 9.17) is 14.2 Å². The van der Waals surface area contributed by atoms with E-state index in [1.807, 2.05) is 54.6 Å². The molecule has 3 aromatic rings. The summed E-state index contributed by atoms with van der Waals surface area (Å²) < 4.78 is 45.8. The van der Waals surface area contributed by atoms with Gasteiger partial charge in [-0.1, -0.05) is 55.8 Å². The zero-order valence-corrected chi connectivity index (χ0v) is 23.5. The molecule has 0 spiro atoms. The van der Waals surface area contributed by atoms with Crippen LogP contribution in [0.3, 0.4) is 0 Å². The summed E-state index contributed by atoms with van der Waals surface area (Å²) in [5.74, 6) is 0.833. The highest BCUT2D eigenvalue weighted by atomic mass is 32.2. The van der Waals surface area contributed by atoms with E-state index in [-0.39, 0.29) is 24.6 Å². The molecule has 0 bridgehead atoms. The van der Waals surface area contributed by atoms with Crippen molar-refractivity contribution < 1.29 is 27.4 Å². The molecule has 0 saturated carbocycles. The van der Waals surface area contributed by atoms with Gasteiger partial charge in [-0.2, -0.15) is 0 Å². The first-order valence-electron chi connectivity index (χ1n) is 12.8. The zero-order valence-electron chi connectivity index (χ0n) is 22.7. The Morgan fingerprint density at radius 2 is 1.59 bits per heavy atom. The SMILES string of the molecule is CCCc1ccc(OCCNC(=O)C2=C(C)c3cc(OC)c(OC)cc3N(Cc3ccccc3)S2(=O)=O)cc1. The Bertz CT molecular complexity index is 1450. The van der Waals surface area contributed by atoms with Gasteiger partial charge in [-0.15, -0.1) is 0 Å². The molecule has 1 aliphatic rings. The maximum atomic E-state index is 13.9. The average molecular weight is 551 g/mol. The number of carbonyl (C=O) groups is 1. The second-order valence-corrected chi connectivity index (χ2v) is 11.0. The lowest BCUT2D eigenvalue weighted by Crippen LogP contribution is -2.41. The molecule has 206 valence electrons. The minimum absolute atomic E-state index is 0.0485. The Hall–Kier alpha value is -3.98. The first kappa shape index (κ1) is 28.0. The van der Waals surface area contributed by atoms with Gasteiger partial charge in [-0.05, 0) is 48.2 Å². The van der Waals surface area contributed by atoms with Crippen molar-refractivity contribution in [2.45, 2.75) is 33.2 Å². The number of nitrogens with zero attached hydrogens (tertiary/aromatic N) is 1. The third-order valence-electron chi connectivity index (χ3n) is 6.56. The van der Waals surface area contributed by atoms with E-state index < -0.39 is 15.9 Å². The number of benzene rings is 3. The Labute approximate surface area is 230 Å². The fraction of sp³-hybridized carbons (Fsp3) is 0.300. The number of rotatable bonds is 11. The molecule has 1 heterocycles. The van der Waals surface area contributed by atoms with E-state index in [0.717, 1.165) is 18.4 Å². The van der Waals surface area contributed by atoms with E-state index in [1.165, 1.54) is 24.1 Å². The fourth-order valence-corrected chi connectivity index (χ4v) is 6.34. The smallest absolute Gasteiger partial charge is 0.270 e. The summed E-state index contributed by atoms with van der Waals surface area (Å²) in [7, 11) is -1.20. The van der Waals surface area contributed by atoms with Gasteiger partial charge in [0.15, 0.2) is 16.4 Å². The number of sulfonamides is 1. The summed E-state index contributed by atoms with van der Waals surface area (Å²) in [6, 6.07) is 20.4.